The highest BCUT2D eigenvalue weighted by atomic mass is 16.5. The second kappa shape index (κ2) is 8.44. The lowest BCUT2D eigenvalue weighted by Crippen LogP contribution is -2.20. The number of carbonyl (C=O) groups is 1. The number of nitrogens with zero attached hydrogens (tertiary/aromatic N) is 1. The summed E-state index contributed by atoms with van der Waals surface area (Å²) in [6, 6.07) is 12.5. The lowest BCUT2D eigenvalue weighted by molar-refractivity contribution is 0.0600. The van der Waals surface area contributed by atoms with Crippen molar-refractivity contribution in [1.82, 2.24) is 9.97 Å². The van der Waals surface area contributed by atoms with Crippen LogP contribution in [0.3, 0.4) is 0 Å². The van der Waals surface area contributed by atoms with Crippen molar-refractivity contribution in [2.24, 2.45) is 5.84 Å². The van der Waals surface area contributed by atoms with Gasteiger partial charge in [0, 0.05) is 0 Å². The molecule has 29 heavy (non-hydrogen) atoms. The van der Waals surface area contributed by atoms with Crippen LogP contribution in [0, 0.1) is 0 Å². The molecule has 9 heteroatoms. The Morgan fingerprint density at radius 2 is 1.86 bits per heavy atom. The zero-order valence-electron chi connectivity index (χ0n) is 16.0. The van der Waals surface area contributed by atoms with Gasteiger partial charge >= 0.3 is 5.97 Å². The second-order valence-electron chi connectivity index (χ2n) is 6.03. The van der Waals surface area contributed by atoms with Gasteiger partial charge in [0.1, 0.15) is 17.3 Å². The van der Waals surface area contributed by atoms with Gasteiger partial charge in [0.15, 0.2) is 5.82 Å². The summed E-state index contributed by atoms with van der Waals surface area (Å²) in [5.74, 6) is 5.87. The van der Waals surface area contributed by atoms with E-state index in [1.807, 2.05) is 31.2 Å². The predicted molar refractivity (Wildman–Crippen MR) is 110 cm³/mol. The van der Waals surface area contributed by atoms with Crippen LogP contribution in [0.4, 0.5) is 11.5 Å². The monoisotopic (exact) mass is 395 g/mol. The van der Waals surface area contributed by atoms with E-state index in [0.29, 0.717) is 23.5 Å². The Morgan fingerprint density at radius 1 is 1.17 bits per heavy atom. The molecule has 0 atom stereocenters. The third kappa shape index (κ3) is 4.04. The van der Waals surface area contributed by atoms with E-state index < -0.39 is 11.5 Å². The Bertz CT molecular complexity index is 1090. The SMILES string of the molecule is CCOc1cc(-c2ccc(C(=O)OC)cc2)ccc1-c1nc(NN)c(N)c(=O)[nH]1. The number of nitrogen functional groups attached to an aromatic ring is 2. The summed E-state index contributed by atoms with van der Waals surface area (Å²) in [5.41, 5.74) is 10.2. The van der Waals surface area contributed by atoms with Crippen LogP contribution < -0.4 is 27.3 Å². The molecule has 0 aliphatic heterocycles. The molecular weight excluding hydrogens is 374 g/mol. The highest BCUT2D eigenvalue weighted by Crippen LogP contribution is 2.33. The number of rotatable bonds is 6. The van der Waals surface area contributed by atoms with E-state index in [4.69, 9.17) is 21.1 Å². The highest BCUT2D eigenvalue weighted by molar-refractivity contribution is 5.90. The van der Waals surface area contributed by atoms with E-state index in [2.05, 4.69) is 15.4 Å². The third-order valence-corrected chi connectivity index (χ3v) is 4.27. The number of hydrogen-bond donors (Lipinski definition) is 4. The van der Waals surface area contributed by atoms with Crippen LogP contribution in [0.2, 0.25) is 0 Å². The van der Waals surface area contributed by atoms with Crippen LogP contribution in [-0.4, -0.2) is 29.7 Å². The maximum absolute atomic E-state index is 12.1. The number of nitrogens with one attached hydrogen (secondary N) is 2. The normalized spacial score (nSPS) is 10.4. The molecule has 150 valence electrons. The van der Waals surface area contributed by atoms with E-state index in [0.717, 1.165) is 11.1 Å². The van der Waals surface area contributed by atoms with Gasteiger partial charge in [-0.1, -0.05) is 18.2 Å². The van der Waals surface area contributed by atoms with E-state index in [9.17, 15) is 9.59 Å². The second-order valence-corrected chi connectivity index (χ2v) is 6.03. The number of benzene rings is 2. The largest absolute Gasteiger partial charge is 0.493 e. The van der Waals surface area contributed by atoms with Crippen molar-refractivity contribution >= 4 is 17.5 Å². The van der Waals surface area contributed by atoms with Gasteiger partial charge in [0.2, 0.25) is 0 Å². The minimum absolute atomic E-state index is 0.0775. The Morgan fingerprint density at radius 3 is 2.48 bits per heavy atom. The number of aromatic amines is 1. The lowest BCUT2D eigenvalue weighted by atomic mass is 10.0. The van der Waals surface area contributed by atoms with Crippen molar-refractivity contribution < 1.29 is 14.3 Å². The van der Waals surface area contributed by atoms with Gasteiger partial charge in [-0.3, -0.25) is 4.79 Å². The molecule has 2 aromatic carbocycles. The van der Waals surface area contributed by atoms with Crippen LogP contribution in [0.1, 0.15) is 17.3 Å². The van der Waals surface area contributed by atoms with Crippen molar-refractivity contribution in [2.75, 3.05) is 24.9 Å². The maximum atomic E-state index is 12.1. The van der Waals surface area contributed by atoms with Crippen molar-refractivity contribution in [3.63, 3.8) is 0 Å². The number of anilines is 2. The quantitative estimate of drug-likeness (QED) is 0.282. The number of hydrogen-bond acceptors (Lipinski definition) is 8. The zero-order valence-corrected chi connectivity index (χ0v) is 16.0. The van der Waals surface area contributed by atoms with E-state index >= 15 is 0 Å². The van der Waals surface area contributed by atoms with E-state index in [1.54, 1.807) is 18.2 Å². The smallest absolute Gasteiger partial charge is 0.337 e. The molecule has 6 N–H and O–H groups in total. The summed E-state index contributed by atoms with van der Waals surface area (Å²) in [5, 5.41) is 0. The molecule has 1 aromatic heterocycles. The Balaban J connectivity index is 2.05. The Labute approximate surface area is 166 Å². The number of aromatic nitrogens is 2. The fraction of sp³-hybridized carbons (Fsp3) is 0.150. The summed E-state index contributed by atoms with van der Waals surface area (Å²) in [6.45, 7) is 2.27. The molecule has 0 fully saturated rings. The molecule has 0 saturated heterocycles. The van der Waals surface area contributed by atoms with E-state index in [-0.39, 0.29) is 17.3 Å². The van der Waals surface area contributed by atoms with Gasteiger partial charge in [0.25, 0.3) is 5.56 Å². The summed E-state index contributed by atoms with van der Waals surface area (Å²) in [6.07, 6.45) is 0. The molecular formula is C20H21N5O4. The number of nitrogens with two attached hydrogens (primary N) is 2. The molecule has 0 radical (unpaired) electrons. The molecule has 0 aliphatic carbocycles. The first kappa shape index (κ1) is 19.9. The first-order chi connectivity index (χ1) is 14.0. The number of methoxy groups -OCH3 is 1. The van der Waals surface area contributed by atoms with Crippen LogP contribution in [0.5, 0.6) is 5.75 Å². The molecule has 0 bridgehead atoms. The molecule has 3 aromatic rings. The van der Waals surface area contributed by atoms with Gasteiger partial charge in [-0.25, -0.2) is 15.6 Å². The van der Waals surface area contributed by atoms with Gasteiger partial charge in [0.05, 0.1) is 24.8 Å². The fourth-order valence-corrected chi connectivity index (χ4v) is 2.81. The standard InChI is InChI=1S/C20H21N5O4/c1-3-29-15-10-13(11-4-6-12(7-5-11)20(27)28-2)8-9-14(15)17-23-18(25-22)16(21)19(26)24-17/h4-10H,3,21-22H2,1-2H3,(H2,23,24,25,26). The average Bonchev–Trinajstić information content (AvgIpc) is 2.75. The van der Waals surface area contributed by atoms with Crippen LogP contribution >= 0.6 is 0 Å². The van der Waals surface area contributed by atoms with Crippen molar-refractivity contribution in [2.45, 2.75) is 6.92 Å². The molecule has 0 unspecified atom stereocenters. The molecule has 3 rings (SSSR count). The predicted octanol–water partition coefficient (Wildman–Crippen LogP) is 2.16. The molecule has 1 heterocycles. The lowest BCUT2D eigenvalue weighted by Gasteiger charge is -2.13. The van der Waals surface area contributed by atoms with Crippen LogP contribution in [0.25, 0.3) is 22.5 Å². The van der Waals surface area contributed by atoms with Crippen LogP contribution in [0.15, 0.2) is 47.3 Å². The maximum Gasteiger partial charge on any atom is 0.337 e. The summed E-state index contributed by atoms with van der Waals surface area (Å²) in [4.78, 5) is 30.6. The summed E-state index contributed by atoms with van der Waals surface area (Å²) < 4.78 is 10.5. The molecule has 0 saturated carbocycles. The third-order valence-electron chi connectivity index (χ3n) is 4.27. The number of carbonyl (C=O) groups excluding carboxylic acids is 1. The van der Waals surface area contributed by atoms with Gasteiger partial charge in [-0.15, -0.1) is 0 Å². The Kier molecular flexibility index (Phi) is 5.79. The summed E-state index contributed by atoms with van der Waals surface area (Å²) >= 11 is 0. The van der Waals surface area contributed by atoms with Crippen molar-refractivity contribution in [3.8, 4) is 28.3 Å². The van der Waals surface area contributed by atoms with Crippen molar-refractivity contribution in [1.29, 1.82) is 0 Å². The summed E-state index contributed by atoms with van der Waals surface area (Å²) in [7, 11) is 1.34. The number of ether oxygens (including phenoxy) is 2. The zero-order chi connectivity index (χ0) is 21.0. The van der Waals surface area contributed by atoms with Crippen molar-refractivity contribution in [3.05, 3.63) is 58.4 Å². The first-order valence-electron chi connectivity index (χ1n) is 8.80. The first-order valence-corrected chi connectivity index (χ1v) is 8.80. The van der Waals surface area contributed by atoms with E-state index in [1.165, 1.54) is 7.11 Å². The van der Waals surface area contributed by atoms with Gasteiger partial charge in [-0.05, 0) is 42.3 Å². The van der Waals surface area contributed by atoms with Gasteiger partial charge in [-0.2, -0.15) is 0 Å². The Hall–Kier alpha value is -3.85. The van der Waals surface area contributed by atoms with Crippen LogP contribution in [-0.2, 0) is 4.74 Å². The topological polar surface area (TPSA) is 145 Å². The molecule has 0 aliphatic rings. The highest BCUT2D eigenvalue weighted by Gasteiger charge is 2.15. The molecule has 0 spiro atoms. The number of esters is 1. The minimum Gasteiger partial charge on any atom is -0.493 e. The average molecular weight is 395 g/mol. The fourth-order valence-electron chi connectivity index (χ4n) is 2.81. The molecule has 9 nitrogen and oxygen atoms in total. The van der Waals surface area contributed by atoms with Gasteiger partial charge < -0.3 is 25.6 Å². The number of H-pyrrole nitrogens is 1. The molecule has 0 amide bonds. The minimum atomic E-state index is -0.507. The number of hydrazine groups is 1.